The minimum absolute atomic E-state index is 0.110. The number of aliphatic hydroxyl groups is 1. The van der Waals surface area contributed by atoms with Gasteiger partial charge in [0.05, 0.1) is 18.3 Å². The van der Waals surface area contributed by atoms with Gasteiger partial charge < -0.3 is 23.8 Å². The average Bonchev–Trinajstić information content (AvgIpc) is 3.21. The van der Waals surface area contributed by atoms with Gasteiger partial charge in [-0.3, -0.25) is 9.59 Å². The number of β-lactam (4-membered cyclic amide) rings is 1. The van der Waals surface area contributed by atoms with E-state index in [0.717, 1.165) is 17.8 Å². The zero-order valence-corrected chi connectivity index (χ0v) is 21.9. The molecule has 0 bridgehead atoms. The summed E-state index contributed by atoms with van der Waals surface area (Å²) in [5, 5.41) is 10.1. The zero-order valence-electron chi connectivity index (χ0n) is 20.1. The van der Waals surface area contributed by atoms with Crippen LogP contribution in [-0.4, -0.2) is 44.6 Å². The maximum atomic E-state index is 15.5. The van der Waals surface area contributed by atoms with Gasteiger partial charge >= 0.3 is 0 Å². The summed E-state index contributed by atoms with van der Waals surface area (Å²) in [4.78, 5) is 29.3. The van der Waals surface area contributed by atoms with Crippen LogP contribution in [0.1, 0.15) is 30.9 Å². The van der Waals surface area contributed by atoms with Gasteiger partial charge in [0, 0.05) is 47.3 Å². The fraction of sp³-hybridized carbons (Fsp3) is 0.462. The highest BCUT2D eigenvalue weighted by Gasteiger charge is 2.66. The van der Waals surface area contributed by atoms with Gasteiger partial charge in [-0.05, 0) is 55.4 Å². The molecule has 0 unspecified atom stereocenters. The highest BCUT2D eigenvalue weighted by Crippen LogP contribution is 2.60. The maximum Gasteiger partial charge on any atom is 0.264 e. The number of hydrogen-bond donors (Lipinski definition) is 1. The van der Waals surface area contributed by atoms with Crippen LogP contribution in [-0.2, 0) is 26.5 Å². The zero-order chi connectivity index (χ0) is 25.1. The number of anilines is 2. The first-order valence-corrected chi connectivity index (χ1v) is 15.4. The summed E-state index contributed by atoms with van der Waals surface area (Å²) >= 11 is 6.37. The molecular weight excluding hydrogens is 487 g/mol. The molecule has 6 nitrogen and oxygen atoms in total. The number of benzene rings is 2. The lowest BCUT2D eigenvalue weighted by molar-refractivity contribution is -0.146. The number of fused-ring (bicyclic) bond motifs is 2. The molecule has 0 radical (unpaired) electrons. The Morgan fingerprint density at radius 3 is 2.49 bits per heavy atom. The summed E-state index contributed by atoms with van der Waals surface area (Å²) < 4.78 is 22.0. The van der Waals surface area contributed by atoms with Gasteiger partial charge in [-0.15, -0.1) is 0 Å². The van der Waals surface area contributed by atoms with Crippen molar-refractivity contribution in [1.82, 2.24) is 0 Å². The third-order valence-corrected chi connectivity index (χ3v) is 10.5. The van der Waals surface area contributed by atoms with Crippen LogP contribution in [0, 0.1) is 5.92 Å². The van der Waals surface area contributed by atoms with E-state index in [1.54, 1.807) is 35.0 Å². The SMILES string of the molecule is C[C@@H]1[C@@H]([Si](C)(C)F)[C@H](CCO)O[C@@]12C(=O)N(Cc1ccc(N3CCC3=O)cc1)c1ccc(Cl)cc12. The highest BCUT2D eigenvalue weighted by molar-refractivity contribution is 6.72. The molecule has 2 saturated heterocycles. The van der Waals surface area contributed by atoms with Gasteiger partial charge in [-0.2, -0.15) is 0 Å². The molecule has 2 aromatic rings. The third-order valence-electron chi connectivity index (χ3n) is 7.78. The summed E-state index contributed by atoms with van der Waals surface area (Å²) in [6, 6.07) is 12.9. The van der Waals surface area contributed by atoms with E-state index in [2.05, 4.69) is 0 Å². The molecule has 3 heterocycles. The van der Waals surface area contributed by atoms with Crippen molar-refractivity contribution in [2.75, 3.05) is 23.0 Å². The summed E-state index contributed by atoms with van der Waals surface area (Å²) in [6.07, 6.45) is 0.294. The van der Waals surface area contributed by atoms with Crippen molar-refractivity contribution in [3.05, 3.63) is 58.6 Å². The molecule has 5 rings (SSSR count). The number of rotatable bonds is 6. The van der Waals surface area contributed by atoms with Crippen LogP contribution in [0.15, 0.2) is 42.5 Å². The van der Waals surface area contributed by atoms with E-state index in [-0.39, 0.29) is 24.8 Å². The molecule has 0 aliphatic carbocycles. The van der Waals surface area contributed by atoms with E-state index in [1.165, 1.54) is 0 Å². The van der Waals surface area contributed by atoms with Crippen LogP contribution in [0.2, 0.25) is 23.7 Å². The second kappa shape index (κ2) is 8.69. The molecule has 0 aromatic heterocycles. The second-order valence-corrected chi connectivity index (χ2v) is 14.5. The molecule has 1 spiro atoms. The molecule has 4 atom stereocenters. The van der Waals surface area contributed by atoms with E-state index < -0.39 is 31.6 Å². The number of carbonyl (C=O) groups excluding carboxylic acids is 2. The van der Waals surface area contributed by atoms with Gasteiger partial charge in [-0.1, -0.05) is 30.7 Å². The Labute approximate surface area is 210 Å². The minimum atomic E-state index is -3.23. The average molecular weight is 517 g/mol. The number of halogens is 2. The standard InChI is InChI=1S/C26H30ClFN2O4Si/c1-16-24(35(2,3)28)22(11-13-31)34-26(16)20-14-18(27)6-9-21(20)30(25(26)33)15-17-4-7-19(8-5-17)29-12-10-23(29)32/h4-9,14,16,22,24,31H,10-13,15H2,1-3H3/t16-,22+,24-,26+/m1/s1. The van der Waals surface area contributed by atoms with Crippen molar-refractivity contribution in [1.29, 1.82) is 0 Å². The smallest absolute Gasteiger partial charge is 0.264 e. The first-order chi connectivity index (χ1) is 16.6. The normalized spacial score (nSPS) is 28.1. The van der Waals surface area contributed by atoms with Crippen LogP contribution in [0.5, 0.6) is 0 Å². The van der Waals surface area contributed by atoms with Gasteiger partial charge in [0.1, 0.15) is 0 Å². The molecule has 35 heavy (non-hydrogen) atoms. The van der Waals surface area contributed by atoms with Crippen molar-refractivity contribution < 1.29 is 23.5 Å². The highest BCUT2D eigenvalue weighted by atomic mass is 35.5. The number of aliphatic hydroxyl groups excluding tert-OH is 1. The number of ether oxygens (including phenoxy) is 1. The van der Waals surface area contributed by atoms with Crippen molar-refractivity contribution in [3.63, 3.8) is 0 Å². The first kappa shape index (κ1) is 24.4. The number of amides is 2. The molecule has 2 aromatic carbocycles. The van der Waals surface area contributed by atoms with Crippen molar-refractivity contribution in [2.45, 2.75) is 56.7 Å². The fourth-order valence-corrected chi connectivity index (χ4v) is 8.84. The lowest BCUT2D eigenvalue weighted by Gasteiger charge is -2.31. The first-order valence-electron chi connectivity index (χ1n) is 12.1. The predicted molar refractivity (Wildman–Crippen MR) is 136 cm³/mol. The summed E-state index contributed by atoms with van der Waals surface area (Å²) in [5.41, 5.74) is 1.33. The Hall–Kier alpha value is -2.26. The second-order valence-electron chi connectivity index (χ2n) is 10.3. The Bertz CT molecular complexity index is 1170. The molecule has 3 aliphatic heterocycles. The molecule has 9 heteroatoms. The molecular formula is C26H30ClFN2O4Si. The van der Waals surface area contributed by atoms with Crippen molar-refractivity contribution in [2.24, 2.45) is 5.92 Å². The third kappa shape index (κ3) is 3.82. The van der Waals surface area contributed by atoms with Gasteiger partial charge in [-0.25, -0.2) is 0 Å². The molecule has 1 N–H and O–H groups in total. The predicted octanol–water partition coefficient (Wildman–Crippen LogP) is 4.78. The molecule has 2 fully saturated rings. The van der Waals surface area contributed by atoms with Crippen LogP contribution < -0.4 is 9.80 Å². The van der Waals surface area contributed by atoms with Crippen molar-refractivity contribution >= 4 is 43.2 Å². The molecule has 3 aliphatic rings. The van der Waals surface area contributed by atoms with E-state index in [9.17, 15) is 14.7 Å². The number of nitrogens with zero attached hydrogens (tertiary/aromatic N) is 2. The summed E-state index contributed by atoms with van der Waals surface area (Å²) in [5.74, 6) is -0.535. The number of carbonyl (C=O) groups is 2. The summed E-state index contributed by atoms with van der Waals surface area (Å²) in [6.45, 7) is 6.06. The van der Waals surface area contributed by atoms with Crippen LogP contribution >= 0.6 is 11.6 Å². The lowest BCUT2D eigenvalue weighted by Crippen LogP contribution is -2.45. The summed E-state index contributed by atoms with van der Waals surface area (Å²) in [7, 11) is -3.23. The molecule has 2 amide bonds. The van der Waals surface area contributed by atoms with E-state index >= 15 is 4.11 Å². The Morgan fingerprint density at radius 2 is 1.91 bits per heavy atom. The van der Waals surface area contributed by atoms with E-state index in [4.69, 9.17) is 16.3 Å². The van der Waals surface area contributed by atoms with Crippen LogP contribution in [0.3, 0.4) is 0 Å². The van der Waals surface area contributed by atoms with E-state index in [1.807, 2.05) is 37.3 Å². The molecule has 0 saturated carbocycles. The Morgan fingerprint density at radius 1 is 1.20 bits per heavy atom. The van der Waals surface area contributed by atoms with Crippen molar-refractivity contribution in [3.8, 4) is 0 Å². The quantitative estimate of drug-likeness (QED) is 0.341. The largest absolute Gasteiger partial charge is 0.396 e. The van der Waals surface area contributed by atoms with Crippen LogP contribution in [0.4, 0.5) is 15.5 Å². The molecule has 186 valence electrons. The number of hydrogen-bond acceptors (Lipinski definition) is 4. The maximum absolute atomic E-state index is 15.5. The van der Waals surface area contributed by atoms with Crippen LogP contribution in [0.25, 0.3) is 0 Å². The fourth-order valence-electron chi connectivity index (χ4n) is 6.13. The van der Waals surface area contributed by atoms with Gasteiger partial charge in [0.25, 0.3) is 5.91 Å². The minimum Gasteiger partial charge on any atom is -0.396 e. The lowest BCUT2D eigenvalue weighted by atomic mass is 9.82. The Kier molecular flexibility index (Phi) is 6.07. The Balaban J connectivity index is 1.52. The van der Waals surface area contributed by atoms with Gasteiger partial charge in [0.15, 0.2) is 5.60 Å². The van der Waals surface area contributed by atoms with E-state index in [0.29, 0.717) is 29.2 Å². The topological polar surface area (TPSA) is 70.1 Å². The monoisotopic (exact) mass is 516 g/mol. The van der Waals surface area contributed by atoms with Gasteiger partial charge in [0.2, 0.25) is 14.3 Å².